The van der Waals surface area contributed by atoms with Gasteiger partial charge in [-0.25, -0.2) is 9.97 Å². The van der Waals surface area contributed by atoms with Crippen LogP contribution >= 0.6 is 11.3 Å². The van der Waals surface area contributed by atoms with Crippen molar-refractivity contribution in [2.75, 3.05) is 38.2 Å². The fourth-order valence-corrected chi connectivity index (χ4v) is 6.29. The van der Waals surface area contributed by atoms with E-state index in [0.29, 0.717) is 0 Å². The Hall–Kier alpha value is -2.48. The average molecular weight is 448 g/mol. The summed E-state index contributed by atoms with van der Waals surface area (Å²) in [7, 11) is 0. The second-order valence-corrected chi connectivity index (χ2v) is 9.89. The van der Waals surface area contributed by atoms with Gasteiger partial charge in [-0.05, 0) is 49.3 Å². The number of morpholine rings is 1. The Labute approximate surface area is 192 Å². The number of nitrogens with zero attached hydrogens (tertiary/aromatic N) is 3. The molecule has 1 aromatic carbocycles. The van der Waals surface area contributed by atoms with Gasteiger partial charge in [-0.3, -0.25) is 4.90 Å². The van der Waals surface area contributed by atoms with Crippen LogP contribution < -0.4 is 5.32 Å². The number of aromatic amines is 1. The SMILES string of the molecule is c1ccc2c(CCNc3nc(CN4CCOCC4)nc4sc5c(c34)CCCC5)c[nH]c2c1. The molecule has 2 aliphatic rings. The van der Waals surface area contributed by atoms with E-state index < -0.39 is 0 Å². The van der Waals surface area contributed by atoms with Gasteiger partial charge < -0.3 is 15.0 Å². The van der Waals surface area contributed by atoms with Crippen LogP contribution in [0.25, 0.3) is 21.1 Å². The molecule has 0 saturated carbocycles. The van der Waals surface area contributed by atoms with Gasteiger partial charge in [-0.1, -0.05) is 18.2 Å². The molecule has 4 aromatic rings. The fourth-order valence-electron chi connectivity index (χ4n) is 5.01. The molecule has 0 bridgehead atoms. The van der Waals surface area contributed by atoms with Gasteiger partial charge in [-0.15, -0.1) is 11.3 Å². The number of aromatic nitrogens is 3. The van der Waals surface area contributed by atoms with Gasteiger partial charge in [0, 0.05) is 41.6 Å². The van der Waals surface area contributed by atoms with E-state index in [0.717, 1.165) is 68.7 Å². The molecule has 6 nitrogen and oxygen atoms in total. The van der Waals surface area contributed by atoms with Gasteiger partial charge in [0.2, 0.25) is 0 Å². The fraction of sp³-hybridized carbons (Fsp3) is 0.440. The van der Waals surface area contributed by atoms with Gasteiger partial charge in [0.1, 0.15) is 16.5 Å². The van der Waals surface area contributed by atoms with Gasteiger partial charge >= 0.3 is 0 Å². The van der Waals surface area contributed by atoms with Crippen LogP contribution in [-0.4, -0.2) is 52.7 Å². The Bertz CT molecular complexity index is 1240. The lowest BCUT2D eigenvalue weighted by atomic mass is 9.97. The van der Waals surface area contributed by atoms with Gasteiger partial charge in [0.15, 0.2) is 0 Å². The van der Waals surface area contributed by atoms with Crippen molar-refractivity contribution in [1.82, 2.24) is 19.9 Å². The molecule has 2 N–H and O–H groups in total. The number of H-pyrrole nitrogens is 1. The van der Waals surface area contributed by atoms with Gasteiger partial charge in [0.25, 0.3) is 0 Å². The smallest absolute Gasteiger partial charge is 0.146 e. The first-order valence-electron chi connectivity index (χ1n) is 11.8. The minimum Gasteiger partial charge on any atom is -0.379 e. The number of ether oxygens (including phenoxy) is 1. The van der Waals surface area contributed by atoms with Crippen LogP contribution in [0.15, 0.2) is 30.5 Å². The third kappa shape index (κ3) is 3.89. The third-order valence-corrected chi connectivity index (χ3v) is 7.88. The van der Waals surface area contributed by atoms with E-state index in [9.17, 15) is 0 Å². The Morgan fingerprint density at radius 3 is 2.91 bits per heavy atom. The van der Waals surface area contributed by atoms with E-state index in [1.165, 1.54) is 51.6 Å². The summed E-state index contributed by atoms with van der Waals surface area (Å²) < 4.78 is 5.51. The maximum absolute atomic E-state index is 5.51. The summed E-state index contributed by atoms with van der Waals surface area (Å²) in [5.41, 5.74) is 4.04. The number of hydrogen-bond donors (Lipinski definition) is 2. The predicted octanol–water partition coefficient (Wildman–Crippen LogP) is 4.54. The quantitative estimate of drug-likeness (QED) is 0.454. The molecule has 0 radical (unpaired) electrons. The molecule has 0 amide bonds. The summed E-state index contributed by atoms with van der Waals surface area (Å²) >= 11 is 1.88. The third-order valence-electron chi connectivity index (χ3n) is 6.69. The zero-order valence-corrected chi connectivity index (χ0v) is 19.1. The van der Waals surface area contributed by atoms with E-state index in [1.807, 2.05) is 11.3 Å². The van der Waals surface area contributed by atoms with Crippen LogP contribution in [-0.2, 0) is 30.5 Å². The van der Waals surface area contributed by atoms with Crippen molar-refractivity contribution >= 4 is 38.3 Å². The Morgan fingerprint density at radius 1 is 1.09 bits per heavy atom. The molecule has 0 atom stereocenters. The molecule has 7 heteroatoms. The standard InChI is InChI=1S/C25H29N5OS/c1-3-7-20-18(5-1)17(15-27-20)9-10-26-24-23-19-6-2-4-8-21(19)32-25(23)29-22(28-24)16-30-11-13-31-14-12-30/h1,3,5,7,15,27H,2,4,6,8-14,16H2,(H,26,28,29). The summed E-state index contributed by atoms with van der Waals surface area (Å²) in [6.07, 6.45) is 7.99. The number of fused-ring (bicyclic) bond motifs is 4. The molecular weight excluding hydrogens is 418 g/mol. The molecule has 0 unspecified atom stereocenters. The predicted molar refractivity (Wildman–Crippen MR) is 131 cm³/mol. The largest absolute Gasteiger partial charge is 0.379 e. The molecule has 4 heterocycles. The number of thiophene rings is 1. The second kappa shape index (κ2) is 8.81. The van der Waals surface area contributed by atoms with Gasteiger partial charge in [0.05, 0.1) is 25.1 Å². The molecule has 32 heavy (non-hydrogen) atoms. The van der Waals surface area contributed by atoms with Crippen LogP contribution in [0.1, 0.15) is 34.7 Å². The molecule has 6 rings (SSSR count). The van der Waals surface area contributed by atoms with Crippen molar-refractivity contribution in [3.63, 3.8) is 0 Å². The molecule has 0 spiro atoms. The van der Waals surface area contributed by atoms with Crippen molar-refractivity contribution in [2.45, 2.75) is 38.6 Å². The molecule has 3 aromatic heterocycles. The number of nitrogens with one attached hydrogen (secondary N) is 2. The van der Waals surface area contributed by atoms with Crippen LogP contribution in [0, 0.1) is 0 Å². The van der Waals surface area contributed by atoms with Crippen LogP contribution in [0.5, 0.6) is 0 Å². The minimum absolute atomic E-state index is 0.791. The normalized spacial score (nSPS) is 17.1. The Kier molecular flexibility index (Phi) is 5.55. The zero-order valence-electron chi connectivity index (χ0n) is 18.3. The summed E-state index contributed by atoms with van der Waals surface area (Å²) in [5.74, 6) is 1.95. The van der Waals surface area contributed by atoms with Crippen molar-refractivity contribution in [1.29, 1.82) is 0 Å². The highest BCUT2D eigenvalue weighted by molar-refractivity contribution is 7.19. The Balaban J connectivity index is 1.28. The van der Waals surface area contributed by atoms with E-state index >= 15 is 0 Å². The number of anilines is 1. The second-order valence-electron chi connectivity index (χ2n) is 8.80. The summed E-state index contributed by atoms with van der Waals surface area (Å²) in [5, 5.41) is 6.28. The molecule has 1 saturated heterocycles. The van der Waals surface area contributed by atoms with Crippen LogP contribution in [0.4, 0.5) is 5.82 Å². The van der Waals surface area contributed by atoms with Crippen molar-refractivity contribution in [3.8, 4) is 0 Å². The molecule has 1 aliphatic carbocycles. The van der Waals surface area contributed by atoms with Crippen LogP contribution in [0.3, 0.4) is 0 Å². The average Bonchev–Trinajstić information content (AvgIpc) is 3.41. The number of aryl methyl sites for hydroxylation is 2. The summed E-state index contributed by atoms with van der Waals surface area (Å²) in [6.45, 7) is 5.14. The first-order valence-corrected chi connectivity index (χ1v) is 12.6. The lowest BCUT2D eigenvalue weighted by Gasteiger charge is -2.25. The summed E-state index contributed by atoms with van der Waals surface area (Å²) in [6, 6.07) is 8.51. The molecular formula is C25H29N5OS. The van der Waals surface area contributed by atoms with Crippen molar-refractivity contribution in [3.05, 3.63) is 52.3 Å². The minimum atomic E-state index is 0.791. The highest BCUT2D eigenvalue weighted by Gasteiger charge is 2.22. The molecule has 1 aliphatic heterocycles. The highest BCUT2D eigenvalue weighted by atomic mass is 32.1. The molecule has 166 valence electrons. The number of benzene rings is 1. The van der Waals surface area contributed by atoms with E-state index in [1.54, 1.807) is 0 Å². The van der Waals surface area contributed by atoms with Crippen molar-refractivity contribution < 1.29 is 4.74 Å². The van der Waals surface area contributed by atoms with Crippen LogP contribution in [0.2, 0.25) is 0 Å². The lowest BCUT2D eigenvalue weighted by molar-refractivity contribution is 0.0331. The number of rotatable bonds is 6. The number of hydrogen-bond acceptors (Lipinski definition) is 6. The summed E-state index contributed by atoms with van der Waals surface area (Å²) in [4.78, 5) is 18.5. The maximum atomic E-state index is 5.51. The first kappa shape index (κ1) is 20.1. The topological polar surface area (TPSA) is 66.1 Å². The highest BCUT2D eigenvalue weighted by Crippen LogP contribution is 2.38. The van der Waals surface area contributed by atoms with E-state index in [-0.39, 0.29) is 0 Å². The van der Waals surface area contributed by atoms with Crippen molar-refractivity contribution in [2.24, 2.45) is 0 Å². The van der Waals surface area contributed by atoms with Gasteiger partial charge in [-0.2, -0.15) is 0 Å². The number of para-hydroxylation sites is 1. The first-order chi connectivity index (χ1) is 15.8. The van der Waals surface area contributed by atoms with E-state index in [2.05, 4.69) is 45.7 Å². The zero-order chi connectivity index (χ0) is 21.3. The Morgan fingerprint density at radius 2 is 1.97 bits per heavy atom. The van der Waals surface area contributed by atoms with E-state index in [4.69, 9.17) is 14.7 Å². The maximum Gasteiger partial charge on any atom is 0.146 e. The monoisotopic (exact) mass is 447 g/mol. The molecule has 1 fully saturated rings. The lowest BCUT2D eigenvalue weighted by Crippen LogP contribution is -2.36.